The molecular weight excluding hydrogens is 483 g/mol. The molecule has 0 aliphatic carbocycles. The lowest BCUT2D eigenvalue weighted by atomic mass is 9.79. The molecule has 2 aromatic rings. The van der Waals surface area contributed by atoms with Gasteiger partial charge in [-0.15, -0.1) is 12.4 Å². The Morgan fingerprint density at radius 3 is 2.47 bits per heavy atom. The molecule has 4 rings (SSSR count). The lowest BCUT2D eigenvalue weighted by Gasteiger charge is -2.50. The van der Waals surface area contributed by atoms with Gasteiger partial charge >= 0.3 is 6.18 Å². The topological polar surface area (TPSA) is 21.7 Å². The Balaban J connectivity index is 0.00000256. The number of morpholine rings is 1. The molecule has 0 saturated carbocycles. The Morgan fingerprint density at radius 2 is 1.80 bits per heavy atom. The van der Waals surface area contributed by atoms with Crippen molar-refractivity contribution in [2.24, 2.45) is 0 Å². The first-order valence-corrected chi connectivity index (χ1v) is 10.4. The van der Waals surface area contributed by atoms with Crippen molar-refractivity contribution >= 4 is 28.3 Å². The third-order valence-corrected chi connectivity index (χ3v) is 5.98. The minimum absolute atomic E-state index is 0. The van der Waals surface area contributed by atoms with E-state index < -0.39 is 17.3 Å². The van der Waals surface area contributed by atoms with Gasteiger partial charge in [0.2, 0.25) is 0 Å². The lowest BCUT2D eigenvalue weighted by molar-refractivity contribution is -0.157. The third kappa shape index (κ3) is 4.79. The van der Waals surface area contributed by atoms with Gasteiger partial charge in [0.05, 0.1) is 12.2 Å². The quantitative estimate of drug-likeness (QED) is 0.486. The number of benzene rings is 2. The maximum Gasteiger partial charge on any atom is 0.416 e. The van der Waals surface area contributed by atoms with Crippen LogP contribution >= 0.6 is 28.3 Å². The molecule has 1 atom stereocenters. The summed E-state index contributed by atoms with van der Waals surface area (Å²) in [6.45, 7) is 6.63. The van der Waals surface area contributed by atoms with Crippen molar-refractivity contribution < 1.29 is 22.6 Å². The summed E-state index contributed by atoms with van der Waals surface area (Å²) in [6.07, 6.45) is -3.61. The minimum atomic E-state index is -4.31. The average molecular weight is 507 g/mol. The maximum atomic E-state index is 12.8. The predicted octanol–water partition coefficient (Wildman–Crippen LogP) is 6.18. The van der Waals surface area contributed by atoms with Gasteiger partial charge in [0, 0.05) is 36.1 Å². The highest BCUT2D eigenvalue weighted by molar-refractivity contribution is 9.10. The van der Waals surface area contributed by atoms with E-state index in [2.05, 4.69) is 34.7 Å². The number of nitrogens with zero attached hydrogens (tertiary/aromatic N) is 1. The SMILES string of the molecule is CC1(C)CC2(CN(Cc3ccc(C(F)(F)F)cc3)CCO2)c2cc(Br)ccc2O1.Cl. The Bertz CT molecular complexity index is 904. The second-order valence-corrected chi connectivity index (χ2v) is 9.34. The molecule has 0 amide bonds. The van der Waals surface area contributed by atoms with Gasteiger partial charge in [-0.05, 0) is 49.7 Å². The van der Waals surface area contributed by atoms with Crippen molar-refractivity contribution in [3.05, 3.63) is 63.6 Å². The molecule has 3 nitrogen and oxygen atoms in total. The zero-order valence-electron chi connectivity index (χ0n) is 16.8. The van der Waals surface area contributed by atoms with Gasteiger partial charge in [-0.1, -0.05) is 28.1 Å². The van der Waals surface area contributed by atoms with Crippen LogP contribution in [0.1, 0.15) is 37.0 Å². The summed E-state index contributed by atoms with van der Waals surface area (Å²) in [6, 6.07) is 11.4. The van der Waals surface area contributed by atoms with Gasteiger partial charge in [-0.3, -0.25) is 4.90 Å². The first-order valence-electron chi connectivity index (χ1n) is 9.58. The number of fused-ring (bicyclic) bond motifs is 2. The highest BCUT2D eigenvalue weighted by atomic mass is 79.9. The summed E-state index contributed by atoms with van der Waals surface area (Å²) in [4.78, 5) is 2.25. The second kappa shape index (κ2) is 8.34. The molecule has 0 N–H and O–H groups in total. The molecule has 0 bridgehead atoms. The van der Waals surface area contributed by atoms with E-state index >= 15 is 0 Å². The van der Waals surface area contributed by atoms with Crippen molar-refractivity contribution in [3.63, 3.8) is 0 Å². The van der Waals surface area contributed by atoms with E-state index in [0.29, 0.717) is 26.1 Å². The number of hydrogen-bond acceptors (Lipinski definition) is 3. The van der Waals surface area contributed by atoms with Crippen LogP contribution in [0.4, 0.5) is 13.2 Å². The monoisotopic (exact) mass is 505 g/mol. The molecule has 0 aromatic heterocycles. The molecule has 30 heavy (non-hydrogen) atoms. The summed E-state index contributed by atoms with van der Waals surface area (Å²) >= 11 is 3.54. The van der Waals surface area contributed by atoms with E-state index in [1.54, 1.807) is 12.1 Å². The normalized spacial score (nSPS) is 23.4. The van der Waals surface area contributed by atoms with Gasteiger partial charge in [0.1, 0.15) is 17.0 Å². The van der Waals surface area contributed by atoms with Gasteiger partial charge in [0.15, 0.2) is 0 Å². The first-order chi connectivity index (χ1) is 13.6. The number of ether oxygens (including phenoxy) is 2. The van der Waals surface area contributed by atoms with Gasteiger partial charge < -0.3 is 9.47 Å². The Hall–Kier alpha value is -1.28. The van der Waals surface area contributed by atoms with E-state index in [-0.39, 0.29) is 18.0 Å². The van der Waals surface area contributed by atoms with Crippen LogP contribution in [0.25, 0.3) is 0 Å². The molecular formula is C22H24BrClF3NO2. The molecule has 1 fully saturated rings. The summed E-state index contributed by atoms with van der Waals surface area (Å²) in [5.74, 6) is 0.820. The molecule has 2 aromatic carbocycles. The molecule has 1 saturated heterocycles. The Morgan fingerprint density at radius 1 is 1.10 bits per heavy atom. The zero-order chi connectivity index (χ0) is 20.9. The summed E-state index contributed by atoms with van der Waals surface area (Å²) in [7, 11) is 0. The Kier molecular flexibility index (Phi) is 6.50. The van der Waals surface area contributed by atoms with Crippen molar-refractivity contribution in [3.8, 4) is 5.75 Å². The van der Waals surface area contributed by atoms with E-state index in [9.17, 15) is 13.2 Å². The third-order valence-electron chi connectivity index (χ3n) is 5.48. The van der Waals surface area contributed by atoms with E-state index in [1.807, 2.05) is 18.2 Å². The van der Waals surface area contributed by atoms with Crippen molar-refractivity contribution in [1.82, 2.24) is 4.90 Å². The van der Waals surface area contributed by atoms with Crippen molar-refractivity contribution in [2.75, 3.05) is 19.7 Å². The largest absolute Gasteiger partial charge is 0.487 e. The standard InChI is InChI=1S/C22H23BrF3NO2.ClH/c1-20(2)13-21(18-11-17(23)7-8-19(18)29-20)14-27(9-10-28-21)12-15-3-5-16(6-4-15)22(24,25)26;/h3-8,11H,9-10,12-14H2,1-2H3;1H. The summed E-state index contributed by atoms with van der Waals surface area (Å²) in [5, 5.41) is 0. The maximum absolute atomic E-state index is 12.8. The molecule has 2 heterocycles. The molecule has 2 aliphatic heterocycles. The number of rotatable bonds is 2. The van der Waals surface area contributed by atoms with Crippen LogP contribution in [-0.4, -0.2) is 30.2 Å². The van der Waals surface area contributed by atoms with Crippen LogP contribution in [0.15, 0.2) is 46.9 Å². The van der Waals surface area contributed by atoms with E-state index in [4.69, 9.17) is 9.47 Å². The van der Waals surface area contributed by atoms with Crippen LogP contribution in [0.2, 0.25) is 0 Å². The van der Waals surface area contributed by atoms with Crippen molar-refractivity contribution in [2.45, 2.75) is 44.2 Å². The van der Waals surface area contributed by atoms with Crippen LogP contribution in [0, 0.1) is 0 Å². The fraction of sp³-hybridized carbons (Fsp3) is 0.455. The van der Waals surface area contributed by atoms with Crippen LogP contribution < -0.4 is 4.74 Å². The van der Waals surface area contributed by atoms with Crippen LogP contribution in [0.3, 0.4) is 0 Å². The number of hydrogen-bond donors (Lipinski definition) is 0. The van der Waals surface area contributed by atoms with Gasteiger partial charge in [-0.25, -0.2) is 0 Å². The zero-order valence-corrected chi connectivity index (χ0v) is 19.2. The second-order valence-electron chi connectivity index (χ2n) is 8.43. The molecule has 2 aliphatic rings. The predicted molar refractivity (Wildman–Crippen MR) is 115 cm³/mol. The lowest BCUT2D eigenvalue weighted by Crippen LogP contribution is -2.55. The highest BCUT2D eigenvalue weighted by Gasteiger charge is 2.48. The fourth-order valence-corrected chi connectivity index (χ4v) is 4.74. The van der Waals surface area contributed by atoms with Crippen molar-refractivity contribution in [1.29, 1.82) is 0 Å². The highest BCUT2D eigenvalue weighted by Crippen LogP contribution is 2.48. The Labute approximate surface area is 189 Å². The van der Waals surface area contributed by atoms with Gasteiger partial charge in [0.25, 0.3) is 0 Å². The molecule has 164 valence electrons. The first kappa shape index (κ1) is 23.4. The smallest absolute Gasteiger partial charge is 0.416 e. The van der Waals surface area contributed by atoms with Crippen LogP contribution in [0.5, 0.6) is 5.75 Å². The van der Waals surface area contributed by atoms with E-state index in [1.165, 1.54) is 0 Å². The summed E-state index contributed by atoms with van der Waals surface area (Å²) in [5.41, 5.74) is 0.368. The number of alkyl halides is 3. The summed E-state index contributed by atoms with van der Waals surface area (Å²) < 4.78 is 52.0. The minimum Gasteiger partial charge on any atom is -0.487 e. The molecule has 1 unspecified atom stereocenters. The average Bonchev–Trinajstić information content (AvgIpc) is 2.62. The molecule has 8 heteroatoms. The van der Waals surface area contributed by atoms with Gasteiger partial charge in [-0.2, -0.15) is 13.2 Å². The molecule has 0 radical (unpaired) electrons. The number of halogens is 5. The van der Waals surface area contributed by atoms with Crippen LogP contribution in [-0.2, 0) is 23.1 Å². The van der Waals surface area contributed by atoms with E-state index in [0.717, 1.165) is 40.0 Å². The molecule has 1 spiro atoms. The fourth-order valence-electron chi connectivity index (χ4n) is 4.38.